The lowest BCUT2D eigenvalue weighted by Crippen LogP contribution is -2.23. The van der Waals surface area contributed by atoms with Gasteiger partial charge in [0.2, 0.25) is 11.0 Å². The molecule has 29 heavy (non-hydrogen) atoms. The first kappa shape index (κ1) is 19.7. The molecule has 8 heteroatoms. The number of anilines is 1. The van der Waals surface area contributed by atoms with Crippen LogP contribution in [-0.2, 0) is 0 Å². The zero-order valence-electron chi connectivity index (χ0n) is 15.9. The van der Waals surface area contributed by atoms with Crippen LogP contribution in [0.25, 0.3) is 17.3 Å². The second-order valence-electron chi connectivity index (χ2n) is 6.19. The van der Waals surface area contributed by atoms with E-state index in [2.05, 4.69) is 43.4 Å². The average Bonchev–Trinajstić information content (AvgIpc) is 2.89. The van der Waals surface area contributed by atoms with Crippen molar-refractivity contribution in [3.05, 3.63) is 58.6 Å². The molecule has 1 aliphatic heterocycles. The molecule has 3 aromatic rings. The lowest BCUT2D eigenvalue weighted by molar-refractivity contribution is 0.266. The molecule has 0 aliphatic carbocycles. The molecule has 1 aromatic heterocycles. The number of benzene rings is 2. The molecule has 0 fully saturated rings. The van der Waals surface area contributed by atoms with Crippen LogP contribution >= 0.6 is 27.7 Å². The number of thioether (sulfide) groups is 1. The minimum Gasteiger partial charge on any atom is -0.497 e. The summed E-state index contributed by atoms with van der Waals surface area (Å²) in [6.45, 7) is 2.05. The van der Waals surface area contributed by atoms with Crippen molar-refractivity contribution >= 4 is 39.5 Å². The van der Waals surface area contributed by atoms with Crippen LogP contribution in [0.2, 0.25) is 0 Å². The van der Waals surface area contributed by atoms with E-state index in [-0.39, 0.29) is 0 Å². The van der Waals surface area contributed by atoms with E-state index in [4.69, 9.17) is 9.47 Å². The third-order valence-electron chi connectivity index (χ3n) is 4.26. The Labute approximate surface area is 181 Å². The summed E-state index contributed by atoms with van der Waals surface area (Å²) in [5.41, 5.74) is 3.46. The van der Waals surface area contributed by atoms with Crippen molar-refractivity contribution in [2.24, 2.45) is 0 Å². The molecule has 0 unspecified atom stereocenters. The van der Waals surface area contributed by atoms with E-state index in [1.54, 1.807) is 7.11 Å². The van der Waals surface area contributed by atoms with Gasteiger partial charge in [-0.25, -0.2) is 0 Å². The highest BCUT2D eigenvalue weighted by Crippen LogP contribution is 2.38. The van der Waals surface area contributed by atoms with Crippen molar-refractivity contribution in [3.8, 4) is 22.9 Å². The van der Waals surface area contributed by atoms with Gasteiger partial charge in [0.1, 0.15) is 5.75 Å². The lowest BCUT2D eigenvalue weighted by Gasteiger charge is -2.15. The van der Waals surface area contributed by atoms with Crippen molar-refractivity contribution in [1.82, 2.24) is 15.2 Å². The molecular weight excluding hydrogens is 452 g/mol. The minimum atomic E-state index is -0.408. The highest BCUT2D eigenvalue weighted by molar-refractivity contribution is 9.10. The molecule has 2 aromatic carbocycles. The van der Waals surface area contributed by atoms with Crippen LogP contribution < -0.4 is 14.8 Å². The van der Waals surface area contributed by atoms with Gasteiger partial charge in [-0.1, -0.05) is 52.8 Å². The molecule has 0 radical (unpaired) electrons. The molecule has 0 bridgehead atoms. The van der Waals surface area contributed by atoms with Crippen LogP contribution in [0.4, 0.5) is 5.69 Å². The minimum absolute atomic E-state index is 0.408. The Morgan fingerprint density at radius 2 is 2.03 bits per heavy atom. The van der Waals surface area contributed by atoms with Crippen LogP contribution in [0.1, 0.15) is 12.5 Å². The Bertz CT molecular complexity index is 1040. The van der Waals surface area contributed by atoms with E-state index in [1.807, 2.05) is 54.6 Å². The number of fused-ring (bicyclic) bond motifs is 3. The smallest absolute Gasteiger partial charge is 0.247 e. The monoisotopic (exact) mass is 470 g/mol. The molecule has 4 rings (SSSR count). The standard InChI is InChI=1S/C21H19BrN4O2S/c1-3-29-21-24-20-19(25-26-21)16-12-14(22)7-10-17(16)23-18(28-20)11-6-13-4-8-15(27-2)9-5-13/h4-12,18,23H,3H2,1-2H3/b11-6+/t18-/m0/s1. The predicted molar refractivity (Wildman–Crippen MR) is 119 cm³/mol. The van der Waals surface area contributed by atoms with Crippen LogP contribution in [0.5, 0.6) is 11.6 Å². The van der Waals surface area contributed by atoms with Crippen molar-refractivity contribution < 1.29 is 9.47 Å². The largest absolute Gasteiger partial charge is 0.497 e. The molecule has 0 amide bonds. The summed E-state index contributed by atoms with van der Waals surface area (Å²) >= 11 is 5.06. The zero-order valence-corrected chi connectivity index (χ0v) is 18.3. The molecular formula is C21H19BrN4O2S. The summed E-state index contributed by atoms with van der Waals surface area (Å²) in [5.74, 6) is 2.15. The van der Waals surface area contributed by atoms with E-state index >= 15 is 0 Å². The average molecular weight is 471 g/mol. The number of methoxy groups -OCH3 is 1. The van der Waals surface area contributed by atoms with Gasteiger partial charge in [-0.05, 0) is 47.7 Å². The van der Waals surface area contributed by atoms with Crippen molar-refractivity contribution in [3.63, 3.8) is 0 Å². The maximum absolute atomic E-state index is 6.17. The molecule has 1 N–H and O–H groups in total. The first-order valence-corrected chi connectivity index (χ1v) is 10.9. The number of ether oxygens (including phenoxy) is 2. The van der Waals surface area contributed by atoms with E-state index in [0.717, 1.165) is 32.8 Å². The van der Waals surface area contributed by atoms with Crippen LogP contribution in [0.3, 0.4) is 0 Å². The number of nitrogens with one attached hydrogen (secondary N) is 1. The Hall–Kier alpha value is -2.58. The lowest BCUT2D eigenvalue weighted by atomic mass is 10.1. The van der Waals surface area contributed by atoms with Gasteiger partial charge >= 0.3 is 0 Å². The maximum atomic E-state index is 6.17. The number of halogens is 1. The fourth-order valence-electron chi connectivity index (χ4n) is 2.88. The van der Waals surface area contributed by atoms with Crippen LogP contribution in [0, 0.1) is 0 Å². The third kappa shape index (κ3) is 4.54. The van der Waals surface area contributed by atoms with E-state index < -0.39 is 6.23 Å². The number of aromatic nitrogens is 3. The van der Waals surface area contributed by atoms with E-state index in [9.17, 15) is 0 Å². The van der Waals surface area contributed by atoms with E-state index in [1.165, 1.54) is 11.8 Å². The fraction of sp³-hybridized carbons (Fsp3) is 0.190. The Morgan fingerprint density at radius 1 is 1.21 bits per heavy atom. The Balaban J connectivity index is 1.69. The second-order valence-corrected chi connectivity index (χ2v) is 8.33. The normalized spacial score (nSPS) is 15.1. The molecule has 0 saturated carbocycles. The number of rotatable bonds is 5. The quantitative estimate of drug-likeness (QED) is 0.509. The number of nitrogens with zero attached hydrogens (tertiary/aromatic N) is 3. The van der Waals surface area contributed by atoms with Gasteiger partial charge in [0.25, 0.3) is 0 Å². The van der Waals surface area contributed by atoms with Gasteiger partial charge in [0, 0.05) is 15.7 Å². The summed E-state index contributed by atoms with van der Waals surface area (Å²) in [5, 5.41) is 12.6. The SMILES string of the molecule is CCSc1nnc2c(n1)O[C@@H](/C=C/c1ccc(OC)cc1)Nc1ccc(Br)cc1-2. The molecule has 0 saturated heterocycles. The van der Waals surface area contributed by atoms with Gasteiger partial charge < -0.3 is 14.8 Å². The van der Waals surface area contributed by atoms with Gasteiger partial charge in [0.15, 0.2) is 11.9 Å². The van der Waals surface area contributed by atoms with Crippen LogP contribution in [-0.4, -0.2) is 34.3 Å². The highest BCUT2D eigenvalue weighted by atomic mass is 79.9. The van der Waals surface area contributed by atoms with Gasteiger partial charge in [0.05, 0.1) is 7.11 Å². The highest BCUT2D eigenvalue weighted by Gasteiger charge is 2.24. The van der Waals surface area contributed by atoms with Crippen molar-refractivity contribution in [2.75, 3.05) is 18.2 Å². The summed E-state index contributed by atoms with van der Waals surface area (Å²) in [7, 11) is 1.66. The number of hydrogen-bond acceptors (Lipinski definition) is 7. The summed E-state index contributed by atoms with van der Waals surface area (Å²) in [4.78, 5) is 4.58. The maximum Gasteiger partial charge on any atom is 0.247 e. The predicted octanol–water partition coefficient (Wildman–Crippen LogP) is 5.27. The molecule has 0 spiro atoms. The van der Waals surface area contributed by atoms with Crippen LogP contribution in [0.15, 0.2) is 58.2 Å². The zero-order chi connectivity index (χ0) is 20.2. The fourth-order valence-corrected chi connectivity index (χ4v) is 3.75. The summed E-state index contributed by atoms with van der Waals surface area (Å²) in [6, 6.07) is 13.8. The first-order valence-electron chi connectivity index (χ1n) is 9.09. The summed E-state index contributed by atoms with van der Waals surface area (Å²) in [6.07, 6.45) is 3.54. The Morgan fingerprint density at radius 3 is 2.79 bits per heavy atom. The topological polar surface area (TPSA) is 69.2 Å². The van der Waals surface area contributed by atoms with Gasteiger partial charge in [-0.2, -0.15) is 4.98 Å². The molecule has 2 heterocycles. The number of hydrogen-bond donors (Lipinski definition) is 1. The van der Waals surface area contributed by atoms with Crippen molar-refractivity contribution in [2.45, 2.75) is 18.3 Å². The van der Waals surface area contributed by atoms with Gasteiger partial charge in [-0.3, -0.25) is 0 Å². The molecule has 1 aliphatic rings. The third-order valence-corrected chi connectivity index (χ3v) is 5.47. The molecule has 148 valence electrons. The Kier molecular flexibility index (Phi) is 6.01. The summed E-state index contributed by atoms with van der Waals surface area (Å²) < 4.78 is 12.3. The molecule has 1 atom stereocenters. The van der Waals surface area contributed by atoms with Crippen molar-refractivity contribution in [1.29, 1.82) is 0 Å². The molecule has 6 nitrogen and oxygen atoms in total. The van der Waals surface area contributed by atoms with E-state index in [0.29, 0.717) is 16.7 Å². The van der Waals surface area contributed by atoms with Gasteiger partial charge in [-0.15, -0.1) is 10.2 Å². The first-order chi connectivity index (χ1) is 14.2. The second kappa shape index (κ2) is 8.84.